The van der Waals surface area contributed by atoms with Crippen molar-refractivity contribution in [2.24, 2.45) is 11.1 Å². The van der Waals surface area contributed by atoms with Crippen LogP contribution in [0.1, 0.15) is 26.7 Å². The zero-order valence-corrected chi connectivity index (χ0v) is 13.8. The number of amides is 1. The molecule has 4 N–H and O–H groups in total. The minimum Gasteiger partial charge on any atom is -0.325 e. The smallest absolute Gasteiger partial charge is 0.282 e. The zero-order valence-electron chi connectivity index (χ0n) is 13.0. The number of hydrogen-bond donors (Lipinski definition) is 3. The molecule has 1 aliphatic rings. The number of rotatable bonds is 4. The number of anilines is 1. The number of primary sulfonamides is 1. The molecule has 0 spiro atoms. The molecule has 0 saturated carbocycles. The standard InChI is InChI=1S/C15H23N3O3S/c1-11-7-9-18(10-8-11)12(2)15(19)17-13-3-5-14(6-4-13)22(16,20)21/h3-6,11-12H,7-10H2,1-2H3,(H,17,19)(H2,16,20,21)/p+1/t12-/m1/s1. The van der Waals surface area contributed by atoms with Crippen LogP contribution in [0, 0.1) is 5.92 Å². The van der Waals surface area contributed by atoms with Crippen molar-refractivity contribution in [2.75, 3.05) is 18.4 Å². The van der Waals surface area contributed by atoms with Crippen LogP contribution in [-0.4, -0.2) is 33.5 Å². The first-order chi connectivity index (χ1) is 10.3. The normalized spacial score (nSPS) is 23.8. The molecular formula is C15H24N3O3S+. The number of quaternary nitrogens is 1. The Balaban J connectivity index is 1.96. The van der Waals surface area contributed by atoms with Crippen molar-refractivity contribution in [1.82, 2.24) is 0 Å². The van der Waals surface area contributed by atoms with Crippen LogP contribution in [-0.2, 0) is 14.8 Å². The number of likely N-dealkylation sites (tertiary alicyclic amines) is 1. The van der Waals surface area contributed by atoms with Gasteiger partial charge in [-0.2, -0.15) is 0 Å². The molecule has 1 atom stereocenters. The van der Waals surface area contributed by atoms with E-state index in [2.05, 4.69) is 12.2 Å². The second-order valence-electron chi connectivity index (χ2n) is 6.12. The molecule has 1 heterocycles. The van der Waals surface area contributed by atoms with Gasteiger partial charge in [0.25, 0.3) is 5.91 Å². The second kappa shape index (κ2) is 6.76. The minimum atomic E-state index is -3.70. The number of piperidine rings is 1. The number of sulfonamides is 1. The maximum atomic E-state index is 12.3. The molecule has 0 bridgehead atoms. The van der Waals surface area contributed by atoms with Gasteiger partial charge in [0.2, 0.25) is 10.0 Å². The van der Waals surface area contributed by atoms with Crippen LogP contribution in [0.2, 0.25) is 0 Å². The van der Waals surface area contributed by atoms with Gasteiger partial charge >= 0.3 is 0 Å². The summed E-state index contributed by atoms with van der Waals surface area (Å²) in [5.74, 6) is 0.692. The van der Waals surface area contributed by atoms with Gasteiger partial charge in [-0.15, -0.1) is 0 Å². The highest BCUT2D eigenvalue weighted by atomic mass is 32.2. The van der Waals surface area contributed by atoms with Gasteiger partial charge in [-0.05, 0) is 49.9 Å². The third-order valence-electron chi connectivity index (χ3n) is 4.37. The summed E-state index contributed by atoms with van der Waals surface area (Å²) in [6.07, 6.45) is 2.30. The number of benzene rings is 1. The lowest BCUT2D eigenvalue weighted by molar-refractivity contribution is -0.919. The highest BCUT2D eigenvalue weighted by Crippen LogP contribution is 2.13. The highest BCUT2D eigenvalue weighted by molar-refractivity contribution is 7.89. The van der Waals surface area contributed by atoms with Crippen molar-refractivity contribution >= 4 is 21.6 Å². The Bertz CT molecular complexity index is 620. The van der Waals surface area contributed by atoms with Gasteiger partial charge in [-0.1, -0.05) is 6.92 Å². The molecule has 1 amide bonds. The van der Waals surface area contributed by atoms with E-state index in [9.17, 15) is 13.2 Å². The van der Waals surface area contributed by atoms with Crippen molar-refractivity contribution in [2.45, 2.75) is 37.6 Å². The number of nitrogens with two attached hydrogens (primary N) is 1. The van der Waals surface area contributed by atoms with Crippen LogP contribution in [0.4, 0.5) is 5.69 Å². The van der Waals surface area contributed by atoms with Gasteiger partial charge in [0.15, 0.2) is 6.04 Å². The first-order valence-electron chi connectivity index (χ1n) is 7.55. The van der Waals surface area contributed by atoms with E-state index in [-0.39, 0.29) is 16.8 Å². The van der Waals surface area contributed by atoms with Crippen molar-refractivity contribution < 1.29 is 18.1 Å². The van der Waals surface area contributed by atoms with Crippen LogP contribution >= 0.6 is 0 Å². The fourth-order valence-electron chi connectivity index (χ4n) is 2.73. The molecular weight excluding hydrogens is 302 g/mol. The fraction of sp³-hybridized carbons (Fsp3) is 0.533. The lowest BCUT2D eigenvalue weighted by Gasteiger charge is -2.31. The molecule has 1 saturated heterocycles. The summed E-state index contributed by atoms with van der Waals surface area (Å²) in [6, 6.07) is 5.77. The lowest BCUT2D eigenvalue weighted by Crippen LogP contribution is -3.17. The number of carbonyl (C=O) groups is 1. The number of nitrogens with one attached hydrogen (secondary N) is 2. The molecule has 122 valence electrons. The van der Waals surface area contributed by atoms with E-state index in [1.165, 1.54) is 17.0 Å². The molecule has 0 radical (unpaired) electrons. The monoisotopic (exact) mass is 326 g/mol. The topological polar surface area (TPSA) is 93.7 Å². The molecule has 1 fully saturated rings. The molecule has 7 heteroatoms. The van der Waals surface area contributed by atoms with Crippen molar-refractivity contribution in [3.8, 4) is 0 Å². The summed E-state index contributed by atoms with van der Waals surface area (Å²) in [4.78, 5) is 13.6. The van der Waals surface area contributed by atoms with Crippen LogP contribution in [0.5, 0.6) is 0 Å². The fourth-order valence-corrected chi connectivity index (χ4v) is 3.25. The van der Waals surface area contributed by atoms with Gasteiger partial charge in [0.05, 0.1) is 18.0 Å². The summed E-state index contributed by atoms with van der Waals surface area (Å²) in [5.41, 5.74) is 0.578. The summed E-state index contributed by atoms with van der Waals surface area (Å²) < 4.78 is 22.4. The molecule has 0 aromatic heterocycles. The van der Waals surface area contributed by atoms with Crippen LogP contribution in [0.3, 0.4) is 0 Å². The summed E-state index contributed by atoms with van der Waals surface area (Å²) >= 11 is 0. The SMILES string of the molecule is CC1CC[NH+]([C@H](C)C(=O)Nc2ccc(S(N)(=O)=O)cc2)CC1. The largest absolute Gasteiger partial charge is 0.325 e. The lowest BCUT2D eigenvalue weighted by atomic mass is 9.98. The predicted octanol–water partition coefficient (Wildman–Crippen LogP) is -0.0242. The molecule has 2 rings (SSSR count). The molecule has 6 nitrogen and oxygen atoms in total. The summed E-state index contributed by atoms with van der Waals surface area (Å²) in [6.45, 7) is 6.20. The Hall–Kier alpha value is -1.44. The van der Waals surface area contributed by atoms with Crippen molar-refractivity contribution in [3.63, 3.8) is 0 Å². The Kier molecular flexibility index (Phi) is 5.20. The van der Waals surface area contributed by atoms with Crippen LogP contribution in [0.25, 0.3) is 0 Å². The quantitative estimate of drug-likeness (QED) is 0.726. The second-order valence-corrected chi connectivity index (χ2v) is 7.68. The predicted molar refractivity (Wildman–Crippen MR) is 85.0 cm³/mol. The van der Waals surface area contributed by atoms with Crippen molar-refractivity contribution in [3.05, 3.63) is 24.3 Å². The minimum absolute atomic E-state index is 0.0363. The Labute approximate surface area is 131 Å². The van der Waals surface area contributed by atoms with E-state index >= 15 is 0 Å². The zero-order chi connectivity index (χ0) is 16.3. The van der Waals surface area contributed by atoms with E-state index in [4.69, 9.17) is 5.14 Å². The number of hydrogen-bond acceptors (Lipinski definition) is 3. The average Bonchev–Trinajstić information content (AvgIpc) is 2.47. The molecule has 0 aliphatic carbocycles. The Morgan fingerprint density at radius 2 is 1.82 bits per heavy atom. The summed E-state index contributed by atoms with van der Waals surface area (Å²) in [5, 5.41) is 7.88. The first kappa shape index (κ1) is 16.9. The maximum Gasteiger partial charge on any atom is 0.282 e. The van der Waals surface area contributed by atoms with Crippen molar-refractivity contribution in [1.29, 1.82) is 0 Å². The molecule has 22 heavy (non-hydrogen) atoms. The molecule has 1 aliphatic heterocycles. The average molecular weight is 326 g/mol. The van der Waals surface area contributed by atoms with E-state index in [1.54, 1.807) is 12.1 Å². The third kappa shape index (κ3) is 4.28. The maximum absolute atomic E-state index is 12.3. The van der Waals surface area contributed by atoms with Crippen LogP contribution in [0.15, 0.2) is 29.2 Å². The molecule has 1 aromatic rings. The third-order valence-corrected chi connectivity index (χ3v) is 5.30. The van der Waals surface area contributed by atoms with Gasteiger partial charge in [-0.3, -0.25) is 4.79 Å². The van der Waals surface area contributed by atoms with E-state index < -0.39 is 10.0 Å². The van der Waals surface area contributed by atoms with Gasteiger partial charge in [0.1, 0.15) is 0 Å². The molecule has 1 aromatic carbocycles. The van der Waals surface area contributed by atoms with E-state index in [0.29, 0.717) is 5.69 Å². The van der Waals surface area contributed by atoms with Gasteiger partial charge in [-0.25, -0.2) is 13.6 Å². The van der Waals surface area contributed by atoms with Crippen LogP contribution < -0.4 is 15.4 Å². The highest BCUT2D eigenvalue weighted by Gasteiger charge is 2.28. The molecule has 0 unspecified atom stereocenters. The van der Waals surface area contributed by atoms with Gasteiger partial charge in [0, 0.05) is 5.69 Å². The first-order valence-corrected chi connectivity index (χ1v) is 9.10. The van der Waals surface area contributed by atoms with Gasteiger partial charge < -0.3 is 10.2 Å². The van der Waals surface area contributed by atoms with E-state index in [0.717, 1.165) is 31.8 Å². The number of carbonyl (C=O) groups excluding carboxylic acids is 1. The summed E-state index contributed by atoms with van der Waals surface area (Å²) in [7, 11) is -3.70. The Morgan fingerprint density at radius 3 is 2.32 bits per heavy atom. The Morgan fingerprint density at radius 1 is 1.27 bits per heavy atom. The van der Waals surface area contributed by atoms with E-state index in [1.807, 2.05) is 6.92 Å².